The number of hydrogen-bond donors (Lipinski definition) is 0. The zero-order valence-electron chi connectivity index (χ0n) is 11.5. The second-order valence-electron chi connectivity index (χ2n) is 4.91. The van der Waals surface area contributed by atoms with Gasteiger partial charge in [-0.3, -0.25) is 9.69 Å². The third-order valence-electron chi connectivity index (χ3n) is 3.38. The monoisotopic (exact) mass is 259 g/mol. The van der Waals surface area contributed by atoms with Gasteiger partial charge < -0.3 is 4.74 Å². The molecule has 0 atom stereocenters. The summed E-state index contributed by atoms with van der Waals surface area (Å²) in [5, 5.41) is 0. The first-order valence-corrected chi connectivity index (χ1v) is 6.82. The molecule has 19 heavy (non-hydrogen) atoms. The largest absolute Gasteiger partial charge is 0.469 e. The van der Waals surface area contributed by atoms with Gasteiger partial charge in [-0.05, 0) is 37.1 Å². The first-order valence-electron chi connectivity index (χ1n) is 6.82. The van der Waals surface area contributed by atoms with Crippen molar-refractivity contribution in [3.05, 3.63) is 41.5 Å². The Morgan fingerprint density at radius 2 is 2.16 bits per heavy atom. The molecule has 102 valence electrons. The van der Waals surface area contributed by atoms with E-state index >= 15 is 0 Å². The molecule has 0 amide bonds. The summed E-state index contributed by atoms with van der Waals surface area (Å²) in [6.45, 7) is 3.45. The van der Waals surface area contributed by atoms with Crippen LogP contribution in [0.5, 0.6) is 0 Å². The van der Waals surface area contributed by atoms with Crippen molar-refractivity contribution in [2.24, 2.45) is 0 Å². The summed E-state index contributed by atoms with van der Waals surface area (Å²) in [5.41, 5.74) is 2.47. The van der Waals surface area contributed by atoms with Crippen LogP contribution in [0.1, 0.15) is 30.4 Å². The van der Waals surface area contributed by atoms with Crippen LogP contribution >= 0.6 is 0 Å². The normalized spacial score (nSPS) is 16.1. The second kappa shape index (κ2) is 7.10. The lowest BCUT2D eigenvalue weighted by Gasteiger charge is -2.14. The summed E-state index contributed by atoms with van der Waals surface area (Å²) in [6.07, 6.45) is 6.79. The van der Waals surface area contributed by atoms with E-state index in [1.807, 2.05) is 12.2 Å². The molecule has 0 aromatic heterocycles. The number of rotatable bonds is 5. The molecule has 3 nitrogen and oxygen atoms in total. The molecular weight excluding hydrogens is 238 g/mol. The Morgan fingerprint density at radius 1 is 1.37 bits per heavy atom. The van der Waals surface area contributed by atoms with Gasteiger partial charge in [-0.15, -0.1) is 0 Å². The minimum absolute atomic E-state index is 0.204. The predicted molar refractivity (Wildman–Crippen MR) is 76.6 cm³/mol. The number of nitrogens with zero attached hydrogens (tertiary/aromatic N) is 1. The van der Waals surface area contributed by atoms with E-state index in [0.29, 0.717) is 6.42 Å². The molecule has 1 saturated heterocycles. The predicted octanol–water partition coefficient (Wildman–Crippen LogP) is 2.86. The Balaban J connectivity index is 1.92. The minimum Gasteiger partial charge on any atom is -0.469 e. The van der Waals surface area contributed by atoms with Gasteiger partial charge in [0.15, 0.2) is 0 Å². The fraction of sp³-hybridized carbons (Fsp3) is 0.438. The third kappa shape index (κ3) is 4.52. The number of carbonyl (C=O) groups is 1. The van der Waals surface area contributed by atoms with Gasteiger partial charge in [0.2, 0.25) is 0 Å². The van der Waals surface area contributed by atoms with Gasteiger partial charge in [0.1, 0.15) is 0 Å². The van der Waals surface area contributed by atoms with E-state index in [-0.39, 0.29) is 5.97 Å². The molecule has 0 saturated carbocycles. The van der Waals surface area contributed by atoms with E-state index in [2.05, 4.69) is 33.9 Å². The highest BCUT2D eigenvalue weighted by Crippen LogP contribution is 2.14. The molecule has 0 radical (unpaired) electrons. The summed E-state index contributed by atoms with van der Waals surface area (Å²) in [6, 6.07) is 8.48. The molecule has 1 fully saturated rings. The van der Waals surface area contributed by atoms with Gasteiger partial charge in [-0.2, -0.15) is 0 Å². The molecule has 1 aromatic rings. The maximum absolute atomic E-state index is 11.0. The quantitative estimate of drug-likeness (QED) is 0.762. The number of hydrogen-bond acceptors (Lipinski definition) is 3. The van der Waals surface area contributed by atoms with Gasteiger partial charge in [0.05, 0.1) is 13.5 Å². The average molecular weight is 259 g/mol. The van der Waals surface area contributed by atoms with Gasteiger partial charge >= 0.3 is 5.97 Å². The van der Waals surface area contributed by atoms with Crippen molar-refractivity contribution in [1.29, 1.82) is 0 Å². The second-order valence-corrected chi connectivity index (χ2v) is 4.91. The van der Waals surface area contributed by atoms with Crippen molar-refractivity contribution < 1.29 is 9.53 Å². The Morgan fingerprint density at radius 3 is 2.89 bits per heavy atom. The Bertz CT molecular complexity index is 448. The Hall–Kier alpha value is -1.61. The molecule has 0 aliphatic carbocycles. The van der Waals surface area contributed by atoms with E-state index < -0.39 is 0 Å². The Kier molecular flexibility index (Phi) is 5.16. The summed E-state index contributed by atoms with van der Waals surface area (Å²) in [5.74, 6) is -0.204. The maximum Gasteiger partial charge on any atom is 0.309 e. The Labute approximate surface area is 114 Å². The van der Waals surface area contributed by atoms with Crippen molar-refractivity contribution in [1.82, 2.24) is 4.90 Å². The van der Waals surface area contributed by atoms with E-state index in [0.717, 1.165) is 12.1 Å². The van der Waals surface area contributed by atoms with Crippen LogP contribution in [0.25, 0.3) is 6.08 Å². The van der Waals surface area contributed by atoms with Crippen molar-refractivity contribution >= 4 is 12.0 Å². The van der Waals surface area contributed by atoms with E-state index in [9.17, 15) is 4.79 Å². The number of ether oxygens (including phenoxy) is 1. The van der Waals surface area contributed by atoms with E-state index in [4.69, 9.17) is 0 Å². The van der Waals surface area contributed by atoms with Crippen LogP contribution in [0.2, 0.25) is 0 Å². The fourth-order valence-corrected chi connectivity index (χ4v) is 2.37. The molecule has 3 heteroatoms. The van der Waals surface area contributed by atoms with Gasteiger partial charge in [0.25, 0.3) is 0 Å². The van der Waals surface area contributed by atoms with Crippen LogP contribution in [0.3, 0.4) is 0 Å². The molecule has 1 aliphatic rings. The SMILES string of the molecule is COC(=O)CC=Cc1cccc(CN2CCCC2)c1. The lowest BCUT2D eigenvalue weighted by atomic mass is 10.1. The fourth-order valence-electron chi connectivity index (χ4n) is 2.37. The van der Waals surface area contributed by atoms with Crippen molar-refractivity contribution in [3.8, 4) is 0 Å². The zero-order chi connectivity index (χ0) is 13.5. The number of carbonyl (C=O) groups excluding carboxylic acids is 1. The summed E-state index contributed by atoms with van der Waals surface area (Å²) < 4.78 is 4.60. The van der Waals surface area contributed by atoms with E-state index in [1.165, 1.54) is 38.6 Å². The topological polar surface area (TPSA) is 29.5 Å². The van der Waals surface area contributed by atoms with Gasteiger partial charge in [-0.25, -0.2) is 0 Å². The van der Waals surface area contributed by atoms with Crippen LogP contribution in [-0.2, 0) is 16.1 Å². The lowest BCUT2D eigenvalue weighted by Crippen LogP contribution is -2.18. The zero-order valence-corrected chi connectivity index (χ0v) is 11.5. The maximum atomic E-state index is 11.0. The molecule has 1 aliphatic heterocycles. The summed E-state index contributed by atoms with van der Waals surface area (Å²) in [7, 11) is 1.41. The number of esters is 1. The van der Waals surface area contributed by atoms with Gasteiger partial charge in [0, 0.05) is 6.54 Å². The number of likely N-dealkylation sites (tertiary alicyclic amines) is 1. The van der Waals surface area contributed by atoms with Crippen LogP contribution in [0.4, 0.5) is 0 Å². The number of methoxy groups -OCH3 is 1. The molecule has 2 rings (SSSR count). The average Bonchev–Trinajstić information content (AvgIpc) is 2.92. The van der Waals surface area contributed by atoms with Crippen molar-refractivity contribution in [3.63, 3.8) is 0 Å². The molecule has 0 bridgehead atoms. The summed E-state index contributed by atoms with van der Waals surface area (Å²) >= 11 is 0. The highest BCUT2D eigenvalue weighted by atomic mass is 16.5. The number of benzene rings is 1. The molecule has 0 N–H and O–H groups in total. The highest BCUT2D eigenvalue weighted by Gasteiger charge is 2.11. The van der Waals surface area contributed by atoms with Crippen LogP contribution in [0.15, 0.2) is 30.3 Å². The molecule has 0 spiro atoms. The minimum atomic E-state index is -0.204. The van der Waals surface area contributed by atoms with Crippen LogP contribution in [0, 0.1) is 0 Å². The molecular formula is C16H21NO2. The standard InChI is InChI=1S/C16H21NO2/c1-19-16(18)9-5-7-14-6-4-8-15(12-14)13-17-10-2-3-11-17/h4-8,12H,2-3,9-11,13H2,1H3. The van der Waals surface area contributed by atoms with Crippen molar-refractivity contribution in [2.75, 3.05) is 20.2 Å². The van der Waals surface area contributed by atoms with E-state index in [1.54, 1.807) is 0 Å². The lowest BCUT2D eigenvalue weighted by molar-refractivity contribution is -0.139. The highest BCUT2D eigenvalue weighted by molar-refractivity contribution is 5.72. The van der Waals surface area contributed by atoms with Gasteiger partial charge in [-0.1, -0.05) is 36.4 Å². The van der Waals surface area contributed by atoms with Crippen LogP contribution in [-0.4, -0.2) is 31.1 Å². The first kappa shape index (κ1) is 13.8. The molecule has 1 aromatic carbocycles. The summed E-state index contributed by atoms with van der Waals surface area (Å²) in [4.78, 5) is 13.5. The molecule has 0 unspecified atom stereocenters. The smallest absolute Gasteiger partial charge is 0.309 e. The first-order chi connectivity index (χ1) is 9.28. The van der Waals surface area contributed by atoms with Crippen LogP contribution < -0.4 is 0 Å². The van der Waals surface area contributed by atoms with Crippen molar-refractivity contribution in [2.45, 2.75) is 25.8 Å². The third-order valence-corrected chi connectivity index (χ3v) is 3.38. The molecule has 1 heterocycles.